The second kappa shape index (κ2) is 12.8. The highest BCUT2D eigenvalue weighted by Gasteiger charge is 2.22. The van der Waals surface area contributed by atoms with Crippen LogP contribution in [0.15, 0.2) is 77.7 Å². The van der Waals surface area contributed by atoms with Crippen LogP contribution in [0.3, 0.4) is 0 Å². The summed E-state index contributed by atoms with van der Waals surface area (Å²) in [4.78, 5) is 5.47. The van der Waals surface area contributed by atoms with Crippen molar-refractivity contribution in [1.82, 2.24) is 9.80 Å². The third-order valence-corrected chi connectivity index (χ3v) is 10.3. The average molecular weight is 551 g/mol. The van der Waals surface area contributed by atoms with Gasteiger partial charge in [-0.25, -0.2) is 8.42 Å². The van der Waals surface area contributed by atoms with E-state index in [-0.39, 0.29) is 5.75 Å². The van der Waals surface area contributed by atoms with Gasteiger partial charge in [0.05, 0.1) is 10.6 Å². The van der Waals surface area contributed by atoms with Crippen molar-refractivity contribution in [2.75, 3.05) is 31.9 Å². The van der Waals surface area contributed by atoms with Crippen LogP contribution in [0.1, 0.15) is 47.9 Å². The third kappa shape index (κ3) is 7.47. The number of hydrogen-bond donors (Lipinski definition) is 0. The first-order valence-electron chi connectivity index (χ1n) is 14.0. The summed E-state index contributed by atoms with van der Waals surface area (Å²) >= 11 is 6.00. The minimum Gasteiger partial charge on any atom is -0.299 e. The maximum Gasteiger partial charge on any atom is 0.178 e. The summed E-state index contributed by atoms with van der Waals surface area (Å²) in [6, 6.07) is 24.6. The summed E-state index contributed by atoms with van der Waals surface area (Å²) in [7, 11) is -3.26. The van der Waals surface area contributed by atoms with E-state index in [1.165, 1.54) is 22.3 Å². The molecule has 1 fully saturated rings. The van der Waals surface area contributed by atoms with Gasteiger partial charge in [-0.2, -0.15) is 0 Å². The van der Waals surface area contributed by atoms with Crippen LogP contribution in [-0.4, -0.2) is 50.1 Å². The first kappa shape index (κ1) is 27.4. The molecule has 1 saturated heterocycles. The van der Waals surface area contributed by atoms with Crippen molar-refractivity contribution >= 4 is 21.4 Å². The molecule has 0 saturated carbocycles. The number of likely N-dealkylation sites (tertiary alicyclic amines) is 1. The second-order valence-electron chi connectivity index (χ2n) is 11.0. The molecule has 2 heterocycles. The number of nitrogens with zero attached hydrogens (tertiary/aromatic N) is 2. The Kier molecular flexibility index (Phi) is 9.21. The fraction of sp³-hybridized carbons (Fsp3) is 0.438. The topological polar surface area (TPSA) is 40.6 Å². The first-order chi connectivity index (χ1) is 18.4. The number of piperidine rings is 1. The number of sulfone groups is 1. The normalized spacial score (nSPS) is 17.7. The van der Waals surface area contributed by atoms with Gasteiger partial charge in [-0.3, -0.25) is 9.80 Å². The van der Waals surface area contributed by atoms with Gasteiger partial charge < -0.3 is 0 Å². The van der Waals surface area contributed by atoms with E-state index in [0.717, 1.165) is 82.8 Å². The molecule has 202 valence electrons. The van der Waals surface area contributed by atoms with Crippen molar-refractivity contribution in [2.24, 2.45) is 5.92 Å². The molecule has 4 nitrogen and oxygen atoms in total. The quantitative estimate of drug-likeness (QED) is 0.309. The summed E-state index contributed by atoms with van der Waals surface area (Å²) in [6.45, 7) is 6.02. The smallest absolute Gasteiger partial charge is 0.178 e. The lowest BCUT2D eigenvalue weighted by Gasteiger charge is -2.32. The van der Waals surface area contributed by atoms with Crippen LogP contribution in [0.2, 0.25) is 5.02 Å². The molecule has 0 bridgehead atoms. The zero-order valence-electron chi connectivity index (χ0n) is 22.2. The molecule has 0 aromatic heterocycles. The Balaban J connectivity index is 1.08. The van der Waals surface area contributed by atoms with E-state index in [2.05, 4.69) is 58.3 Å². The molecule has 38 heavy (non-hydrogen) atoms. The maximum atomic E-state index is 13.2. The summed E-state index contributed by atoms with van der Waals surface area (Å²) in [5, 5.41) is 0.777. The molecule has 6 heteroatoms. The number of rotatable bonds is 9. The van der Waals surface area contributed by atoms with Crippen LogP contribution >= 0.6 is 11.6 Å². The highest BCUT2D eigenvalue weighted by atomic mass is 35.5. The predicted octanol–water partition coefficient (Wildman–Crippen LogP) is 6.41. The van der Waals surface area contributed by atoms with Crippen molar-refractivity contribution in [1.29, 1.82) is 0 Å². The van der Waals surface area contributed by atoms with Crippen molar-refractivity contribution < 1.29 is 8.42 Å². The number of hydrogen-bond acceptors (Lipinski definition) is 4. The fourth-order valence-corrected chi connectivity index (χ4v) is 7.41. The summed E-state index contributed by atoms with van der Waals surface area (Å²) < 4.78 is 26.4. The van der Waals surface area contributed by atoms with Gasteiger partial charge in [0, 0.05) is 31.2 Å². The molecule has 0 atom stereocenters. The maximum absolute atomic E-state index is 13.2. The summed E-state index contributed by atoms with van der Waals surface area (Å²) in [5.41, 5.74) is 5.12. The Morgan fingerprint density at radius 1 is 0.737 bits per heavy atom. The summed E-state index contributed by atoms with van der Waals surface area (Å²) in [6.07, 6.45) is 5.90. The van der Waals surface area contributed by atoms with Gasteiger partial charge >= 0.3 is 0 Å². The van der Waals surface area contributed by atoms with E-state index in [4.69, 9.17) is 11.6 Å². The summed E-state index contributed by atoms with van der Waals surface area (Å²) in [5.74, 6) is 0.867. The van der Waals surface area contributed by atoms with Gasteiger partial charge in [-0.1, -0.05) is 60.1 Å². The first-order valence-corrected chi connectivity index (χ1v) is 16.1. The third-order valence-electron chi connectivity index (χ3n) is 8.23. The Morgan fingerprint density at radius 3 is 2.08 bits per heavy atom. The van der Waals surface area contributed by atoms with Gasteiger partial charge in [0.15, 0.2) is 9.84 Å². The molecule has 0 N–H and O–H groups in total. The Labute approximate surface area is 233 Å². The lowest BCUT2D eigenvalue weighted by atomic mass is 9.92. The van der Waals surface area contributed by atoms with E-state index < -0.39 is 9.84 Å². The van der Waals surface area contributed by atoms with Crippen LogP contribution in [-0.2, 0) is 35.8 Å². The molecule has 0 amide bonds. The Hall–Kier alpha value is -2.18. The Bertz CT molecular complexity index is 1290. The molecule has 3 aromatic carbocycles. The van der Waals surface area contributed by atoms with Gasteiger partial charge in [-0.15, -0.1) is 0 Å². The average Bonchev–Trinajstić information content (AvgIpc) is 3.13. The van der Waals surface area contributed by atoms with Crippen LogP contribution < -0.4 is 0 Å². The van der Waals surface area contributed by atoms with Gasteiger partial charge in [0.1, 0.15) is 0 Å². The van der Waals surface area contributed by atoms with Gasteiger partial charge in [0.25, 0.3) is 0 Å². The number of fused-ring (bicyclic) bond motifs is 1. The largest absolute Gasteiger partial charge is 0.299 e. The van der Waals surface area contributed by atoms with Crippen molar-refractivity contribution in [3.63, 3.8) is 0 Å². The predicted molar refractivity (Wildman–Crippen MR) is 156 cm³/mol. The van der Waals surface area contributed by atoms with Crippen LogP contribution in [0.5, 0.6) is 0 Å². The molecular weight excluding hydrogens is 512 g/mol. The minimum atomic E-state index is -3.26. The fourth-order valence-electron chi connectivity index (χ4n) is 5.90. The van der Waals surface area contributed by atoms with Crippen LogP contribution in [0, 0.1) is 5.92 Å². The van der Waals surface area contributed by atoms with Crippen molar-refractivity contribution in [3.8, 4) is 0 Å². The van der Waals surface area contributed by atoms with E-state index >= 15 is 0 Å². The van der Waals surface area contributed by atoms with E-state index in [1.807, 2.05) is 24.3 Å². The van der Waals surface area contributed by atoms with Crippen LogP contribution in [0.25, 0.3) is 0 Å². The van der Waals surface area contributed by atoms with E-state index in [9.17, 15) is 8.42 Å². The highest BCUT2D eigenvalue weighted by Crippen LogP contribution is 2.26. The molecule has 0 aliphatic carbocycles. The molecule has 0 unspecified atom stereocenters. The van der Waals surface area contributed by atoms with Crippen LogP contribution in [0.4, 0.5) is 0 Å². The van der Waals surface area contributed by atoms with Gasteiger partial charge in [-0.05, 0) is 104 Å². The van der Waals surface area contributed by atoms with E-state index in [1.54, 1.807) is 0 Å². The van der Waals surface area contributed by atoms with Crippen molar-refractivity contribution in [2.45, 2.75) is 56.5 Å². The Morgan fingerprint density at radius 2 is 1.37 bits per heavy atom. The SMILES string of the molecule is O=S(=O)(CCCC1CCN(Cc2ccc(Cl)cc2)CC1)c1ccc2c(c1)CCN(Cc1ccccc1)CC2. The molecule has 2 aliphatic heterocycles. The lowest BCUT2D eigenvalue weighted by Crippen LogP contribution is -2.33. The monoisotopic (exact) mass is 550 g/mol. The number of benzene rings is 3. The molecular formula is C32H39ClN2O2S. The molecule has 0 spiro atoms. The minimum absolute atomic E-state index is 0.247. The molecule has 2 aliphatic rings. The molecule has 5 rings (SSSR count). The zero-order chi connectivity index (χ0) is 26.4. The zero-order valence-corrected chi connectivity index (χ0v) is 23.8. The lowest BCUT2D eigenvalue weighted by molar-refractivity contribution is 0.172. The van der Waals surface area contributed by atoms with E-state index in [0.29, 0.717) is 10.8 Å². The standard InChI is InChI=1S/C32H39ClN2O2S/c33-31-11-8-28(9-12-31)25-34-18-14-26(15-19-34)7-4-22-38(36,37)32-13-10-29-16-20-35(21-17-30(29)23-32)24-27-5-2-1-3-6-27/h1-3,5-6,8-13,23,26H,4,7,14-22,24-25H2. The molecule has 3 aromatic rings. The molecule has 0 radical (unpaired) electrons. The number of halogens is 1. The highest BCUT2D eigenvalue weighted by molar-refractivity contribution is 7.91. The second-order valence-corrected chi connectivity index (χ2v) is 13.5. The van der Waals surface area contributed by atoms with Crippen molar-refractivity contribution in [3.05, 3.63) is 100 Å². The van der Waals surface area contributed by atoms with Gasteiger partial charge in [0.2, 0.25) is 0 Å².